The van der Waals surface area contributed by atoms with Gasteiger partial charge >= 0.3 is 5.97 Å². The van der Waals surface area contributed by atoms with Crippen molar-refractivity contribution < 1.29 is 9.90 Å². The third-order valence-corrected chi connectivity index (χ3v) is 1.41. The van der Waals surface area contributed by atoms with E-state index in [9.17, 15) is 10.0 Å². The summed E-state index contributed by atoms with van der Waals surface area (Å²) >= 11 is 3.73. The molecule has 0 aliphatic heterocycles. The summed E-state index contributed by atoms with van der Waals surface area (Å²) in [5, 5.41) is 19.6. The molecule has 1 atom stereocenters. The SMILES string of the molecule is C/C=C\N([O-])C(CS)C(=O)O. The number of rotatable bonds is 4. The molecule has 0 heterocycles. The fourth-order valence-corrected chi connectivity index (χ4v) is 0.835. The van der Waals surface area contributed by atoms with Crippen molar-refractivity contribution in [3.8, 4) is 0 Å². The van der Waals surface area contributed by atoms with E-state index in [4.69, 9.17) is 5.11 Å². The molecule has 0 aliphatic carbocycles. The van der Waals surface area contributed by atoms with E-state index in [0.29, 0.717) is 5.06 Å². The summed E-state index contributed by atoms with van der Waals surface area (Å²) < 4.78 is 0. The molecule has 0 aromatic carbocycles. The number of hydroxylamine groups is 2. The molecule has 4 nitrogen and oxygen atoms in total. The monoisotopic (exact) mass is 176 g/mol. The van der Waals surface area contributed by atoms with Crippen LogP contribution < -0.4 is 0 Å². The average Bonchev–Trinajstić information content (AvgIpc) is 1.88. The van der Waals surface area contributed by atoms with E-state index in [2.05, 4.69) is 12.6 Å². The Balaban J connectivity index is 4.13. The first-order chi connectivity index (χ1) is 5.13. The predicted octanol–water partition coefficient (Wildman–Crippen LogP) is 0.703. The Bertz CT molecular complexity index is 160. The molecule has 64 valence electrons. The maximum absolute atomic E-state index is 10.8. The Morgan fingerprint density at radius 3 is 2.73 bits per heavy atom. The molecule has 0 aromatic heterocycles. The number of thiol groups is 1. The summed E-state index contributed by atoms with van der Waals surface area (Å²) in [7, 11) is 0. The van der Waals surface area contributed by atoms with Crippen LogP contribution in [0.5, 0.6) is 0 Å². The van der Waals surface area contributed by atoms with E-state index in [1.54, 1.807) is 6.92 Å². The molecule has 0 bridgehead atoms. The molecule has 1 unspecified atom stereocenters. The zero-order valence-corrected chi connectivity index (χ0v) is 6.99. The zero-order valence-electron chi connectivity index (χ0n) is 6.10. The molecule has 0 amide bonds. The highest BCUT2D eigenvalue weighted by atomic mass is 32.1. The van der Waals surface area contributed by atoms with Crippen LogP contribution in [0.25, 0.3) is 0 Å². The Kier molecular flexibility index (Phi) is 4.72. The Morgan fingerprint density at radius 1 is 1.91 bits per heavy atom. The van der Waals surface area contributed by atoms with Gasteiger partial charge in [-0.15, -0.1) is 0 Å². The molecule has 1 N–H and O–H groups in total. The van der Waals surface area contributed by atoms with Crippen LogP contribution in [-0.2, 0) is 4.79 Å². The maximum Gasteiger partial charge on any atom is 0.326 e. The van der Waals surface area contributed by atoms with Crippen molar-refractivity contribution >= 4 is 18.6 Å². The van der Waals surface area contributed by atoms with Crippen molar-refractivity contribution in [2.75, 3.05) is 5.75 Å². The Hall–Kier alpha value is -0.680. The quantitative estimate of drug-likeness (QED) is 0.489. The van der Waals surface area contributed by atoms with Gasteiger partial charge in [-0.2, -0.15) is 12.6 Å². The number of aliphatic carboxylic acids is 1. The van der Waals surface area contributed by atoms with Crippen molar-refractivity contribution in [1.29, 1.82) is 0 Å². The van der Waals surface area contributed by atoms with Crippen molar-refractivity contribution in [1.82, 2.24) is 5.06 Å². The lowest BCUT2D eigenvalue weighted by molar-refractivity contribution is -0.140. The van der Waals surface area contributed by atoms with Crippen LogP contribution in [0.4, 0.5) is 0 Å². The lowest BCUT2D eigenvalue weighted by Crippen LogP contribution is -2.35. The number of carboxylic acid groups (broad SMARTS) is 1. The van der Waals surface area contributed by atoms with Gasteiger partial charge in [0.15, 0.2) is 0 Å². The lowest BCUT2D eigenvalue weighted by Gasteiger charge is -2.31. The van der Waals surface area contributed by atoms with Gasteiger partial charge in [-0.1, -0.05) is 6.08 Å². The van der Waals surface area contributed by atoms with Crippen LogP contribution in [0.1, 0.15) is 6.92 Å². The van der Waals surface area contributed by atoms with Crippen LogP contribution in [0.2, 0.25) is 0 Å². The van der Waals surface area contributed by atoms with Crippen LogP contribution in [0.15, 0.2) is 12.3 Å². The molecule has 0 radical (unpaired) electrons. The molecule has 0 rings (SSSR count). The summed E-state index contributed by atoms with van der Waals surface area (Å²) in [5.41, 5.74) is 0. The molecule has 0 fully saturated rings. The van der Waals surface area contributed by atoms with Crippen LogP contribution >= 0.6 is 12.6 Å². The number of hydrogen-bond donors (Lipinski definition) is 2. The highest BCUT2D eigenvalue weighted by Crippen LogP contribution is 2.00. The van der Waals surface area contributed by atoms with Crippen molar-refractivity contribution in [3.05, 3.63) is 17.5 Å². The molecule has 0 aromatic rings. The maximum atomic E-state index is 10.8. The largest absolute Gasteiger partial charge is 0.758 e. The number of nitrogens with zero attached hydrogens (tertiary/aromatic N) is 1. The minimum atomic E-state index is -1.16. The Morgan fingerprint density at radius 2 is 2.45 bits per heavy atom. The molecule has 0 saturated carbocycles. The van der Waals surface area contributed by atoms with Gasteiger partial charge < -0.3 is 15.4 Å². The topological polar surface area (TPSA) is 63.6 Å². The van der Waals surface area contributed by atoms with Crippen LogP contribution in [-0.4, -0.2) is 27.9 Å². The van der Waals surface area contributed by atoms with Crippen molar-refractivity contribution in [3.63, 3.8) is 0 Å². The number of carboxylic acids is 1. The summed E-state index contributed by atoms with van der Waals surface area (Å²) in [4.78, 5) is 10.3. The second-order valence-corrected chi connectivity index (χ2v) is 2.24. The second-order valence-electron chi connectivity index (χ2n) is 1.88. The van der Waals surface area contributed by atoms with Gasteiger partial charge in [0, 0.05) is 5.75 Å². The molecular weight excluding hydrogens is 166 g/mol. The van der Waals surface area contributed by atoms with Gasteiger partial charge in [0.2, 0.25) is 0 Å². The fraction of sp³-hybridized carbons (Fsp3) is 0.500. The highest BCUT2D eigenvalue weighted by molar-refractivity contribution is 7.80. The molecule has 11 heavy (non-hydrogen) atoms. The average molecular weight is 176 g/mol. The van der Waals surface area contributed by atoms with Crippen LogP contribution in [0, 0.1) is 5.21 Å². The van der Waals surface area contributed by atoms with Gasteiger partial charge in [0.1, 0.15) is 6.04 Å². The van der Waals surface area contributed by atoms with Gasteiger partial charge in [-0.05, 0) is 13.1 Å². The highest BCUT2D eigenvalue weighted by Gasteiger charge is 2.14. The van der Waals surface area contributed by atoms with E-state index in [1.807, 2.05) is 0 Å². The number of allylic oxidation sites excluding steroid dienone is 1. The van der Waals surface area contributed by atoms with Gasteiger partial charge in [-0.25, -0.2) is 4.79 Å². The van der Waals surface area contributed by atoms with E-state index in [0.717, 1.165) is 6.20 Å². The molecular formula is C6H10NO3S-. The first-order valence-corrected chi connectivity index (χ1v) is 3.68. The fourth-order valence-electron chi connectivity index (χ4n) is 0.518. The first kappa shape index (κ1) is 10.3. The first-order valence-electron chi connectivity index (χ1n) is 3.05. The smallest absolute Gasteiger partial charge is 0.326 e. The molecule has 0 aliphatic rings. The van der Waals surface area contributed by atoms with Gasteiger partial charge in [-0.3, -0.25) is 0 Å². The summed E-state index contributed by atoms with van der Waals surface area (Å²) in [5.74, 6) is -1.16. The zero-order chi connectivity index (χ0) is 8.85. The minimum absolute atomic E-state index is 0.00315. The van der Waals surface area contributed by atoms with E-state index in [-0.39, 0.29) is 5.75 Å². The van der Waals surface area contributed by atoms with E-state index in [1.165, 1.54) is 6.08 Å². The third-order valence-electron chi connectivity index (χ3n) is 1.06. The molecule has 0 saturated heterocycles. The summed E-state index contributed by atoms with van der Waals surface area (Å²) in [6.45, 7) is 1.64. The van der Waals surface area contributed by atoms with Crippen molar-refractivity contribution in [2.24, 2.45) is 0 Å². The second kappa shape index (κ2) is 5.03. The molecule has 0 spiro atoms. The normalized spacial score (nSPS) is 13.4. The predicted molar refractivity (Wildman–Crippen MR) is 45.3 cm³/mol. The van der Waals surface area contributed by atoms with Crippen molar-refractivity contribution in [2.45, 2.75) is 13.0 Å². The lowest BCUT2D eigenvalue weighted by atomic mass is 10.3. The van der Waals surface area contributed by atoms with Crippen LogP contribution in [0.3, 0.4) is 0 Å². The summed E-state index contributed by atoms with van der Waals surface area (Å²) in [6, 6.07) is -1.09. The third kappa shape index (κ3) is 3.29. The van der Waals surface area contributed by atoms with Gasteiger partial charge in [0.25, 0.3) is 0 Å². The van der Waals surface area contributed by atoms with E-state index < -0.39 is 12.0 Å². The standard InChI is InChI=1S/C6H10NO3S/c1-2-3-7(10)5(4-11)6(8)9/h2-3,5,11H,4H2,1H3,(H,8,9)/q-1/b3-2-. The van der Waals surface area contributed by atoms with Gasteiger partial charge in [0.05, 0.1) is 0 Å². The number of hydrogen-bond acceptors (Lipinski definition) is 4. The van der Waals surface area contributed by atoms with E-state index >= 15 is 0 Å². The number of carbonyl (C=O) groups is 1. The Labute approximate surface area is 70.5 Å². The molecule has 5 heteroatoms. The minimum Gasteiger partial charge on any atom is -0.758 e. The summed E-state index contributed by atoms with van der Waals surface area (Å²) in [6.07, 6.45) is 2.64.